The molecule has 3 nitrogen and oxygen atoms in total. The summed E-state index contributed by atoms with van der Waals surface area (Å²) in [6, 6.07) is 9.92. The molecule has 3 aromatic rings. The van der Waals surface area contributed by atoms with Crippen LogP contribution in [0.4, 0.5) is 13.2 Å². The van der Waals surface area contributed by atoms with Crippen molar-refractivity contribution in [3.63, 3.8) is 0 Å². The summed E-state index contributed by atoms with van der Waals surface area (Å²) >= 11 is 0. The number of hydrogen-bond donors (Lipinski definition) is 1. The molecule has 0 unspecified atom stereocenters. The van der Waals surface area contributed by atoms with Gasteiger partial charge in [0.25, 0.3) is 0 Å². The number of rotatable bonds is 3. The molecular weight excluding hydrogens is 351 g/mol. The molecule has 3 rings (SSSR count). The van der Waals surface area contributed by atoms with Gasteiger partial charge in [-0.3, -0.25) is 0 Å². The van der Waals surface area contributed by atoms with Crippen LogP contribution in [0.25, 0.3) is 10.9 Å². The third-order valence-electron chi connectivity index (χ3n) is 4.18. The first-order valence-electron chi connectivity index (χ1n) is 7.53. The average Bonchev–Trinajstić information content (AvgIpc) is 2.81. The highest BCUT2D eigenvalue weighted by Gasteiger charge is 2.29. The van der Waals surface area contributed by atoms with Gasteiger partial charge in [0.2, 0.25) is 0 Å². The number of aromatic nitrogens is 1. The molecule has 0 saturated heterocycles. The molecule has 0 amide bonds. The molecule has 0 atom stereocenters. The molecule has 0 fully saturated rings. The lowest BCUT2D eigenvalue weighted by Gasteiger charge is -2.08. The van der Waals surface area contributed by atoms with E-state index in [1.165, 1.54) is 12.1 Å². The summed E-state index contributed by atoms with van der Waals surface area (Å²) in [4.78, 5) is 3.38. The van der Waals surface area contributed by atoms with Crippen molar-refractivity contribution in [2.75, 3.05) is 6.26 Å². The second kappa shape index (κ2) is 5.91. The van der Waals surface area contributed by atoms with E-state index in [2.05, 4.69) is 4.98 Å². The zero-order valence-electron chi connectivity index (χ0n) is 13.6. The Morgan fingerprint density at radius 3 is 2.24 bits per heavy atom. The van der Waals surface area contributed by atoms with Gasteiger partial charge in [0, 0.05) is 22.9 Å². The van der Waals surface area contributed by atoms with E-state index in [4.69, 9.17) is 0 Å². The maximum Gasteiger partial charge on any atom is 0.416 e. The first-order chi connectivity index (χ1) is 11.6. The van der Waals surface area contributed by atoms with Gasteiger partial charge >= 0.3 is 6.18 Å². The van der Waals surface area contributed by atoms with Gasteiger partial charge in [-0.15, -0.1) is 0 Å². The predicted molar refractivity (Wildman–Crippen MR) is 90.4 cm³/mol. The van der Waals surface area contributed by atoms with E-state index in [0.717, 1.165) is 40.6 Å². The second-order valence-electron chi connectivity index (χ2n) is 6.08. The smallest absolute Gasteiger partial charge is 0.358 e. The van der Waals surface area contributed by atoms with Crippen molar-refractivity contribution >= 4 is 20.7 Å². The Kier molecular flexibility index (Phi) is 4.15. The topological polar surface area (TPSA) is 49.9 Å². The summed E-state index contributed by atoms with van der Waals surface area (Å²) in [5.41, 5.74) is 2.58. The molecule has 7 heteroatoms. The third kappa shape index (κ3) is 3.56. The molecule has 1 heterocycles. The number of sulfone groups is 1. The molecular formula is C18H16F3NO2S. The number of hydrogen-bond acceptors (Lipinski definition) is 2. The van der Waals surface area contributed by atoms with Crippen LogP contribution in [0.5, 0.6) is 0 Å². The largest absolute Gasteiger partial charge is 0.416 e. The molecule has 0 saturated carbocycles. The van der Waals surface area contributed by atoms with Crippen molar-refractivity contribution in [3.8, 4) is 0 Å². The molecule has 1 N–H and O–H groups in total. The van der Waals surface area contributed by atoms with Crippen molar-refractivity contribution in [3.05, 3.63) is 64.8 Å². The number of halogens is 3. The van der Waals surface area contributed by atoms with Gasteiger partial charge in [-0.25, -0.2) is 8.42 Å². The summed E-state index contributed by atoms with van der Waals surface area (Å²) < 4.78 is 61.3. The van der Waals surface area contributed by atoms with Crippen LogP contribution in [-0.4, -0.2) is 19.7 Å². The molecule has 0 spiro atoms. The Labute approximate surface area is 143 Å². The van der Waals surface area contributed by atoms with Crippen LogP contribution in [0.15, 0.2) is 47.4 Å². The van der Waals surface area contributed by atoms with Crippen molar-refractivity contribution in [1.29, 1.82) is 0 Å². The number of H-pyrrole nitrogens is 1. The summed E-state index contributed by atoms with van der Waals surface area (Å²) in [7, 11) is -3.30. The van der Waals surface area contributed by atoms with Gasteiger partial charge in [-0.2, -0.15) is 13.2 Å². The molecule has 0 bridgehead atoms. The van der Waals surface area contributed by atoms with E-state index >= 15 is 0 Å². The lowest BCUT2D eigenvalue weighted by molar-refractivity contribution is -0.137. The van der Waals surface area contributed by atoms with Gasteiger partial charge in [-0.1, -0.05) is 18.2 Å². The number of benzene rings is 2. The standard InChI is InChI=1S/C18H16F3NO2S/c1-11-16(9-12-3-5-13(6-4-12)18(19,20)21)15-8-7-14(25(2,23)24)10-17(15)22-11/h3-8,10,22H,9H2,1-2H3. The second-order valence-corrected chi connectivity index (χ2v) is 8.10. The highest BCUT2D eigenvalue weighted by atomic mass is 32.2. The minimum Gasteiger partial charge on any atom is -0.358 e. The van der Waals surface area contributed by atoms with Crippen LogP contribution >= 0.6 is 0 Å². The van der Waals surface area contributed by atoms with E-state index in [0.29, 0.717) is 11.9 Å². The normalized spacial score (nSPS) is 12.7. The van der Waals surface area contributed by atoms with Crippen LogP contribution in [0, 0.1) is 6.92 Å². The van der Waals surface area contributed by atoms with Crippen LogP contribution in [0.1, 0.15) is 22.4 Å². The number of nitrogens with one attached hydrogen (secondary N) is 1. The van der Waals surface area contributed by atoms with E-state index < -0.39 is 21.6 Å². The maximum atomic E-state index is 12.6. The van der Waals surface area contributed by atoms with Crippen molar-refractivity contribution in [2.24, 2.45) is 0 Å². The van der Waals surface area contributed by atoms with Gasteiger partial charge < -0.3 is 4.98 Å². The first kappa shape index (κ1) is 17.5. The Hall–Kier alpha value is -2.28. The lowest BCUT2D eigenvalue weighted by atomic mass is 10.0. The number of aromatic amines is 1. The van der Waals surface area contributed by atoms with Gasteiger partial charge in [0.15, 0.2) is 9.84 Å². The van der Waals surface area contributed by atoms with Gasteiger partial charge in [0.05, 0.1) is 10.5 Å². The Balaban J connectivity index is 1.98. The van der Waals surface area contributed by atoms with Crippen LogP contribution in [-0.2, 0) is 22.4 Å². The van der Waals surface area contributed by atoms with Gasteiger partial charge in [-0.05, 0) is 48.7 Å². The monoisotopic (exact) mass is 367 g/mol. The minimum absolute atomic E-state index is 0.224. The van der Waals surface area contributed by atoms with E-state index in [9.17, 15) is 21.6 Å². The minimum atomic E-state index is -4.35. The Bertz CT molecular complexity index is 1030. The molecule has 1 aromatic heterocycles. The van der Waals surface area contributed by atoms with Crippen LogP contribution in [0.3, 0.4) is 0 Å². The average molecular weight is 367 g/mol. The summed E-state index contributed by atoms with van der Waals surface area (Å²) in [5, 5.41) is 0.866. The predicted octanol–water partition coefficient (Wildman–Crippen LogP) is 4.49. The Morgan fingerprint density at radius 2 is 1.68 bits per heavy atom. The zero-order chi connectivity index (χ0) is 18.4. The van der Waals surface area contributed by atoms with Crippen LogP contribution in [0.2, 0.25) is 0 Å². The molecule has 2 aromatic carbocycles. The molecule has 0 aliphatic heterocycles. The summed E-state index contributed by atoms with van der Waals surface area (Å²) in [6.45, 7) is 1.86. The molecule has 0 radical (unpaired) electrons. The fourth-order valence-corrected chi connectivity index (χ4v) is 3.49. The molecule has 132 valence electrons. The number of aryl methyl sites for hydroxylation is 1. The summed E-state index contributed by atoms with van der Waals surface area (Å²) in [5.74, 6) is 0. The van der Waals surface area contributed by atoms with Crippen molar-refractivity contribution in [2.45, 2.75) is 24.4 Å². The molecule has 25 heavy (non-hydrogen) atoms. The van der Waals surface area contributed by atoms with Crippen LogP contribution < -0.4 is 0 Å². The third-order valence-corrected chi connectivity index (χ3v) is 5.29. The SMILES string of the molecule is Cc1[nH]c2cc(S(C)(=O)=O)ccc2c1Cc1ccc(C(F)(F)F)cc1. The van der Waals surface area contributed by atoms with E-state index in [1.54, 1.807) is 18.2 Å². The van der Waals surface area contributed by atoms with E-state index in [-0.39, 0.29) is 4.90 Å². The Morgan fingerprint density at radius 1 is 1.04 bits per heavy atom. The fraction of sp³-hybridized carbons (Fsp3) is 0.222. The van der Waals surface area contributed by atoms with Gasteiger partial charge in [0.1, 0.15) is 0 Å². The quantitative estimate of drug-likeness (QED) is 0.742. The summed E-state index contributed by atoms with van der Waals surface area (Å²) in [6.07, 6.45) is -2.74. The zero-order valence-corrected chi connectivity index (χ0v) is 14.4. The highest BCUT2D eigenvalue weighted by molar-refractivity contribution is 7.90. The number of fused-ring (bicyclic) bond motifs is 1. The highest BCUT2D eigenvalue weighted by Crippen LogP contribution is 2.31. The van der Waals surface area contributed by atoms with E-state index in [1.807, 2.05) is 6.92 Å². The fourth-order valence-electron chi connectivity index (χ4n) is 2.84. The molecule has 0 aliphatic carbocycles. The van der Waals surface area contributed by atoms with Crippen molar-refractivity contribution in [1.82, 2.24) is 4.98 Å². The number of alkyl halides is 3. The first-order valence-corrected chi connectivity index (χ1v) is 9.42. The lowest BCUT2D eigenvalue weighted by Crippen LogP contribution is -2.04. The van der Waals surface area contributed by atoms with Crippen molar-refractivity contribution < 1.29 is 21.6 Å². The maximum absolute atomic E-state index is 12.6. The molecule has 0 aliphatic rings.